The molecule has 0 spiro atoms. The second-order valence-electron chi connectivity index (χ2n) is 6.18. The van der Waals surface area contributed by atoms with Crippen LogP contribution in [0.5, 0.6) is 0 Å². The third-order valence-electron chi connectivity index (χ3n) is 4.43. The summed E-state index contributed by atoms with van der Waals surface area (Å²) >= 11 is 1.25. The monoisotopic (exact) mass is 443 g/mol. The van der Waals surface area contributed by atoms with Gasteiger partial charge in [0.15, 0.2) is 0 Å². The Kier molecular flexibility index (Phi) is 8.05. The predicted molar refractivity (Wildman–Crippen MR) is 110 cm³/mol. The lowest BCUT2D eigenvalue weighted by Gasteiger charge is -2.19. The Labute approximate surface area is 174 Å². The molecule has 2 rings (SSSR count). The van der Waals surface area contributed by atoms with Crippen molar-refractivity contribution in [3.8, 4) is 0 Å². The van der Waals surface area contributed by atoms with Gasteiger partial charge < -0.3 is 14.2 Å². The van der Waals surface area contributed by atoms with Crippen molar-refractivity contribution in [1.29, 1.82) is 0 Å². The topological polar surface area (TPSA) is 106 Å². The molecular formula is C18H25N3O6S2. The van der Waals surface area contributed by atoms with Crippen LogP contribution in [0.15, 0.2) is 39.1 Å². The number of ether oxygens (including phenoxy) is 1. The van der Waals surface area contributed by atoms with Crippen molar-refractivity contribution in [2.75, 3.05) is 32.5 Å². The summed E-state index contributed by atoms with van der Waals surface area (Å²) in [6, 6.07) is 2.54. The Balaban J connectivity index is 2.13. The van der Waals surface area contributed by atoms with Crippen LogP contribution < -0.4 is 5.56 Å². The lowest BCUT2D eigenvalue weighted by Crippen LogP contribution is -2.32. The van der Waals surface area contributed by atoms with Gasteiger partial charge in [-0.1, -0.05) is 25.6 Å². The maximum atomic E-state index is 12.7. The number of rotatable bonds is 9. The summed E-state index contributed by atoms with van der Waals surface area (Å²) < 4.78 is 32.6. The number of sulfonamides is 1. The molecule has 0 radical (unpaired) electrons. The van der Waals surface area contributed by atoms with Crippen molar-refractivity contribution in [1.82, 2.24) is 13.8 Å². The summed E-state index contributed by atoms with van der Waals surface area (Å²) in [5.41, 5.74) is -0.323. The summed E-state index contributed by atoms with van der Waals surface area (Å²) in [6.07, 6.45) is 3.01. The lowest BCUT2D eigenvalue weighted by molar-refractivity contribution is -0.134. The molecule has 29 heavy (non-hydrogen) atoms. The zero-order valence-electron chi connectivity index (χ0n) is 16.7. The number of carbonyl (C=O) groups is 2. The van der Waals surface area contributed by atoms with Crippen LogP contribution in [0.2, 0.25) is 0 Å². The number of aromatic nitrogens is 1. The fourth-order valence-electron chi connectivity index (χ4n) is 2.88. The highest BCUT2D eigenvalue weighted by atomic mass is 32.2. The summed E-state index contributed by atoms with van der Waals surface area (Å²) in [4.78, 5) is 37.2. The van der Waals surface area contributed by atoms with Crippen molar-refractivity contribution >= 4 is 33.7 Å². The first kappa shape index (κ1) is 23.2. The van der Waals surface area contributed by atoms with Crippen molar-refractivity contribution < 1.29 is 22.7 Å². The number of thioether (sulfide) groups is 1. The molecule has 0 aliphatic carbocycles. The summed E-state index contributed by atoms with van der Waals surface area (Å²) in [6.45, 7) is 4.71. The molecule has 1 aliphatic rings. The highest BCUT2D eigenvalue weighted by Gasteiger charge is 2.27. The highest BCUT2D eigenvalue weighted by Crippen LogP contribution is 2.28. The van der Waals surface area contributed by atoms with Gasteiger partial charge in [-0.3, -0.25) is 9.59 Å². The normalized spacial score (nSPS) is 16.1. The number of esters is 1. The van der Waals surface area contributed by atoms with E-state index in [0.29, 0.717) is 31.1 Å². The lowest BCUT2D eigenvalue weighted by atomic mass is 10.3. The molecule has 0 unspecified atom stereocenters. The van der Waals surface area contributed by atoms with Crippen LogP contribution in [-0.2, 0) is 30.9 Å². The average Bonchev–Trinajstić information content (AvgIpc) is 3.03. The number of aryl methyl sites for hydroxylation is 1. The maximum Gasteiger partial charge on any atom is 0.333 e. The van der Waals surface area contributed by atoms with E-state index in [4.69, 9.17) is 0 Å². The Hall–Kier alpha value is -2.11. The number of nitrogens with zero attached hydrogens (tertiary/aromatic N) is 3. The standard InChI is InChI=1S/C18H25N3O6S2/c1-4-20(5-2)29(25,26)14-7-8-15(22)19(12-14)9-6-10-21-16(23)13-28-17(21)11-18(24)27-3/h7-8,11-12H,4-6,9-10,13H2,1-3H3/b17-11+. The number of hydrogen-bond acceptors (Lipinski definition) is 7. The van der Waals surface area contributed by atoms with Crippen molar-refractivity contribution in [3.63, 3.8) is 0 Å². The van der Waals surface area contributed by atoms with Crippen molar-refractivity contribution in [3.05, 3.63) is 39.8 Å². The molecule has 11 heteroatoms. The fraction of sp³-hybridized carbons (Fsp3) is 0.500. The van der Waals surface area contributed by atoms with E-state index >= 15 is 0 Å². The first-order valence-corrected chi connectivity index (χ1v) is 11.6. The van der Waals surface area contributed by atoms with Gasteiger partial charge >= 0.3 is 5.97 Å². The van der Waals surface area contributed by atoms with Crippen LogP contribution in [0.25, 0.3) is 0 Å². The van der Waals surface area contributed by atoms with Crippen LogP contribution in [0, 0.1) is 0 Å². The van der Waals surface area contributed by atoms with Gasteiger partial charge in [-0.25, -0.2) is 13.2 Å². The van der Waals surface area contributed by atoms with E-state index in [1.807, 2.05) is 0 Å². The number of methoxy groups -OCH3 is 1. The SMILES string of the molecule is CCN(CC)S(=O)(=O)c1ccc(=O)n(CCCN2C(=O)CS/C2=C/C(=O)OC)c1. The summed E-state index contributed by atoms with van der Waals surface area (Å²) in [5, 5.41) is 0.507. The Morgan fingerprint density at radius 2 is 1.93 bits per heavy atom. The second-order valence-corrected chi connectivity index (χ2v) is 9.11. The highest BCUT2D eigenvalue weighted by molar-refractivity contribution is 8.04. The Morgan fingerprint density at radius 1 is 1.24 bits per heavy atom. The minimum absolute atomic E-state index is 0.0554. The molecule has 1 amide bonds. The molecule has 0 atom stereocenters. The zero-order chi connectivity index (χ0) is 21.6. The quantitative estimate of drug-likeness (QED) is 0.412. The zero-order valence-corrected chi connectivity index (χ0v) is 18.3. The van der Waals surface area contributed by atoms with Crippen LogP contribution in [-0.4, -0.2) is 66.6 Å². The van der Waals surface area contributed by atoms with Gasteiger partial charge in [0.1, 0.15) is 0 Å². The molecule has 0 aromatic carbocycles. The molecule has 1 aliphatic heterocycles. The molecule has 2 heterocycles. The first-order valence-electron chi connectivity index (χ1n) is 9.18. The maximum absolute atomic E-state index is 12.7. The number of carbonyl (C=O) groups excluding carboxylic acids is 2. The molecule has 9 nitrogen and oxygen atoms in total. The van der Waals surface area contributed by atoms with Crippen LogP contribution in [0.4, 0.5) is 0 Å². The van der Waals surface area contributed by atoms with E-state index in [1.165, 1.54) is 57.0 Å². The van der Waals surface area contributed by atoms with E-state index in [2.05, 4.69) is 4.74 Å². The van der Waals surface area contributed by atoms with E-state index in [0.717, 1.165) is 0 Å². The van der Waals surface area contributed by atoms with Gasteiger partial charge in [0.25, 0.3) is 5.56 Å². The van der Waals surface area contributed by atoms with E-state index < -0.39 is 16.0 Å². The first-order chi connectivity index (χ1) is 13.7. The third-order valence-corrected chi connectivity index (χ3v) is 7.49. The largest absolute Gasteiger partial charge is 0.466 e. The van der Waals surface area contributed by atoms with Gasteiger partial charge in [-0.05, 0) is 12.5 Å². The van der Waals surface area contributed by atoms with E-state index in [1.54, 1.807) is 13.8 Å². The molecule has 0 bridgehead atoms. The molecule has 1 aromatic heterocycles. The van der Waals surface area contributed by atoms with Crippen LogP contribution >= 0.6 is 11.8 Å². The van der Waals surface area contributed by atoms with Gasteiger partial charge in [0, 0.05) is 38.4 Å². The average molecular weight is 444 g/mol. The van der Waals surface area contributed by atoms with E-state index in [9.17, 15) is 22.8 Å². The Morgan fingerprint density at radius 3 is 2.55 bits per heavy atom. The number of hydrogen-bond donors (Lipinski definition) is 0. The second kappa shape index (κ2) is 10.1. The van der Waals surface area contributed by atoms with E-state index in [-0.39, 0.29) is 28.7 Å². The van der Waals surface area contributed by atoms with Gasteiger partial charge in [0.2, 0.25) is 15.9 Å². The smallest absolute Gasteiger partial charge is 0.333 e. The molecule has 0 saturated carbocycles. The number of amides is 1. The Bertz CT molecular complexity index is 951. The van der Waals surface area contributed by atoms with Gasteiger partial charge in [0.05, 0.1) is 28.9 Å². The van der Waals surface area contributed by atoms with Crippen LogP contribution in [0.3, 0.4) is 0 Å². The molecule has 160 valence electrons. The minimum Gasteiger partial charge on any atom is -0.466 e. The molecular weight excluding hydrogens is 418 g/mol. The molecule has 0 N–H and O–H groups in total. The predicted octanol–water partition coefficient (Wildman–Crippen LogP) is 0.859. The third kappa shape index (κ3) is 5.49. The molecule has 1 aromatic rings. The molecule has 1 saturated heterocycles. The van der Waals surface area contributed by atoms with Gasteiger partial charge in [-0.2, -0.15) is 4.31 Å². The fourth-order valence-corrected chi connectivity index (χ4v) is 5.31. The van der Waals surface area contributed by atoms with Crippen molar-refractivity contribution in [2.24, 2.45) is 0 Å². The van der Waals surface area contributed by atoms with Gasteiger partial charge in [-0.15, -0.1) is 0 Å². The summed E-state index contributed by atoms with van der Waals surface area (Å²) in [5.74, 6) is -0.437. The van der Waals surface area contributed by atoms with Crippen molar-refractivity contribution in [2.45, 2.75) is 31.7 Å². The number of pyridine rings is 1. The molecule has 1 fully saturated rings. The minimum atomic E-state index is -3.67. The summed E-state index contributed by atoms with van der Waals surface area (Å²) in [7, 11) is -2.41. The van der Waals surface area contributed by atoms with Crippen LogP contribution in [0.1, 0.15) is 20.3 Å².